The van der Waals surface area contributed by atoms with E-state index in [1.807, 2.05) is 10.7 Å². The number of methoxy groups -OCH3 is 1. The van der Waals surface area contributed by atoms with Crippen LogP contribution in [0.15, 0.2) is 24.4 Å². The standard InChI is InChI=1S/C13H17ClN4O/c1-3-6-18-11(8-16-17-18)13(15)10-5-4-9(14)7-12(10)19-2/h4-5,7-8,13H,3,6,15H2,1-2H3. The normalized spacial score (nSPS) is 12.4. The van der Waals surface area contributed by atoms with Crippen LogP contribution in [0.3, 0.4) is 0 Å². The third kappa shape index (κ3) is 2.88. The van der Waals surface area contributed by atoms with Gasteiger partial charge in [-0.1, -0.05) is 29.8 Å². The molecule has 2 aromatic rings. The lowest BCUT2D eigenvalue weighted by Crippen LogP contribution is -2.18. The maximum Gasteiger partial charge on any atom is 0.125 e. The predicted molar refractivity (Wildman–Crippen MR) is 74.3 cm³/mol. The second-order valence-electron chi connectivity index (χ2n) is 4.25. The summed E-state index contributed by atoms with van der Waals surface area (Å²) in [6.07, 6.45) is 2.66. The number of hydrogen-bond donors (Lipinski definition) is 1. The number of benzene rings is 1. The van der Waals surface area contributed by atoms with Crippen molar-refractivity contribution in [2.75, 3.05) is 7.11 Å². The molecule has 0 aliphatic carbocycles. The van der Waals surface area contributed by atoms with E-state index in [1.54, 1.807) is 25.4 Å². The Balaban J connectivity index is 2.38. The fourth-order valence-electron chi connectivity index (χ4n) is 1.99. The first-order chi connectivity index (χ1) is 9.17. The van der Waals surface area contributed by atoms with E-state index in [0.717, 1.165) is 24.2 Å². The Kier molecular flexibility index (Phi) is 4.39. The Bertz CT molecular complexity index is 555. The number of nitrogens with two attached hydrogens (primary N) is 1. The zero-order valence-electron chi connectivity index (χ0n) is 11.0. The van der Waals surface area contributed by atoms with Crippen molar-refractivity contribution in [1.29, 1.82) is 0 Å². The minimum Gasteiger partial charge on any atom is -0.496 e. The summed E-state index contributed by atoms with van der Waals surface area (Å²) in [5.41, 5.74) is 8.02. The molecule has 0 bridgehead atoms. The lowest BCUT2D eigenvalue weighted by Gasteiger charge is -2.16. The minimum absolute atomic E-state index is 0.339. The zero-order chi connectivity index (χ0) is 13.8. The van der Waals surface area contributed by atoms with Gasteiger partial charge < -0.3 is 10.5 Å². The van der Waals surface area contributed by atoms with Gasteiger partial charge in [0.25, 0.3) is 0 Å². The number of aromatic nitrogens is 3. The lowest BCUT2D eigenvalue weighted by atomic mass is 10.0. The van der Waals surface area contributed by atoms with Gasteiger partial charge in [-0.3, -0.25) is 0 Å². The first kappa shape index (κ1) is 13.8. The summed E-state index contributed by atoms with van der Waals surface area (Å²) >= 11 is 5.96. The van der Waals surface area contributed by atoms with Crippen LogP contribution in [-0.2, 0) is 6.54 Å². The van der Waals surface area contributed by atoms with E-state index in [0.29, 0.717) is 10.8 Å². The van der Waals surface area contributed by atoms with Crippen molar-refractivity contribution in [3.05, 3.63) is 40.7 Å². The number of aryl methyl sites for hydroxylation is 1. The number of halogens is 1. The van der Waals surface area contributed by atoms with Gasteiger partial charge in [0, 0.05) is 17.1 Å². The van der Waals surface area contributed by atoms with Crippen LogP contribution in [0.2, 0.25) is 5.02 Å². The van der Waals surface area contributed by atoms with Crippen molar-refractivity contribution in [1.82, 2.24) is 15.0 Å². The Morgan fingerprint density at radius 2 is 2.26 bits per heavy atom. The van der Waals surface area contributed by atoms with Crippen molar-refractivity contribution in [2.24, 2.45) is 5.73 Å². The van der Waals surface area contributed by atoms with E-state index in [1.165, 1.54) is 0 Å². The van der Waals surface area contributed by atoms with E-state index in [9.17, 15) is 0 Å². The number of rotatable bonds is 5. The summed E-state index contributed by atoms with van der Waals surface area (Å²) in [4.78, 5) is 0. The molecule has 1 heterocycles. The molecule has 0 aliphatic heterocycles. The SMILES string of the molecule is CCCn1nncc1C(N)c1ccc(Cl)cc1OC. The van der Waals surface area contributed by atoms with Crippen LogP contribution < -0.4 is 10.5 Å². The van der Waals surface area contributed by atoms with E-state index in [-0.39, 0.29) is 6.04 Å². The topological polar surface area (TPSA) is 66.0 Å². The minimum atomic E-state index is -0.339. The van der Waals surface area contributed by atoms with Gasteiger partial charge in [0.05, 0.1) is 25.0 Å². The van der Waals surface area contributed by atoms with E-state index >= 15 is 0 Å². The predicted octanol–water partition coefficient (Wildman–Crippen LogP) is 2.40. The van der Waals surface area contributed by atoms with Crippen molar-refractivity contribution in [3.63, 3.8) is 0 Å². The number of hydrogen-bond acceptors (Lipinski definition) is 4. The molecule has 0 saturated carbocycles. The largest absolute Gasteiger partial charge is 0.496 e. The molecule has 1 aromatic heterocycles. The highest BCUT2D eigenvalue weighted by Gasteiger charge is 2.18. The number of ether oxygens (including phenoxy) is 1. The second kappa shape index (κ2) is 6.04. The molecule has 1 atom stereocenters. The molecule has 0 amide bonds. The summed E-state index contributed by atoms with van der Waals surface area (Å²) in [6, 6.07) is 5.08. The van der Waals surface area contributed by atoms with Crippen LogP contribution in [0.1, 0.15) is 30.6 Å². The lowest BCUT2D eigenvalue weighted by molar-refractivity contribution is 0.406. The molecular formula is C13H17ClN4O. The third-order valence-electron chi connectivity index (χ3n) is 2.93. The zero-order valence-corrected chi connectivity index (χ0v) is 11.8. The molecule has 2 N–H and O–H groups in total. The van der Waals surface area contributed by atoms with Gasteiger partial charge in [0.1, 0.15) is 5.75 Å². The summed E-state index contributed by atoms with van der Waals surface area (Å²) in [5, 5.41) is 8.59. The van der Waals surface area contributed by atoms with Crippen LogP contribution >= 0.6 is 11.6 Å². The fraction of sp³-hybridized carbons (Fsp3) is 0.385. The van der Waals surface area contributed by atoms with Crippen LogP contribution in [0.5, 0.6) is 5.75 Å². The molecule has 5 nitrogen and oxygen atoms in total. The highest BCUT2D eigenvalue weighted by atomic mass is 35.5. The monoisotopic (exact) mass is 280 g/mol. The molecule has 6 heteroatoms. The third-order valence-corrected chi connectivity index (χ3v) is 3.17. The van der Waals surface area contributed by atoms with Gasteiger partial charge in [-0.25, -0.2) is 4.68 Å². The van der Waals surface area contributed by atoms with E-state index in [4.69, 9.17) is 22.1 Å². The Morgan fingerprint density at radius 1 is 1.47 bits per heavy atom. The van der Waals surface area contributed by atoms with Crippen molar-refractivity contribution < 1.29 is 4.74 Å². The highest BCUT2D eigenvalue weighted by Crippen LogP contribution is 2.30. The molecule has 1 unspecified atom stereocenters. The van der Waals surface area contributed by atoms with Crippen LogP contribution in [0, 0.1) is 0 Å². The maximum absolute atomic E-state index is 6.29. The molecule has 2 rings (SSSR count). The van der Waals surface area contributed by atoms with Gasteiger partial charge in [0.15, 0.2) is 0 Å². The molecule has 0 radical (unpaired) electrons. The summed E-state index contributed by atoms with van der Waals surface area (Å²) in [7, 11) is 1.60. The second-order valence-corrected chi connectivity index (χ2v) is 4.68. The van der Waals surface area contributed by atoms with Crippen molar-refractivity contribution >= 4 is 11.6 Å². The molecule has 0 aliphatic rings. The molecule has 0 spiro atoms. The van der Waals surface area contributed by atoms with Crippen LogP contribution in [-0.4, -0.2) is 22.1 Å². The molecule has 1 aromatic carbocycles. The molecule has 19 heavy (non-hydrogen) atoms. The van der Waals surface area contributed by atoms with Gasteiger partial charge in [-0.05, 0) is 18.6 Å². The van der Waals surface area contributed by atoms with Crippen molar-refractivity contribution in [2.45, 2.75) is 25.9 Å². The average molecular weight is 281 g/mol. The van der Waals surface area contributed by atoms with E-state index < -0.39 is 0 Å². The Labute approximate surface area is 117 Å². The van der Waals surface area contributed by atoms with Crippen molar-refractivity contribution in [3.8, 4) is 5.75 Å². The molecular weight excluding hydrogens is 264 g/mol. The van der Waals surface area contributed by atoms with Gasteiger partial charge in [-0.2, -0.15) is 0 Å². The smallest absolute Gasteiger partial charge is 0.125 e. The summed E-state index contributed by atoms with van der Waals surface area (Å²) < 4.78 is 7.15. The van der Waals surface area contributed by atoms with Crippen LogP contribution in [0.4, 0.5) is 0 Å². The van der Waals surface area contributed by atoms with Gasteiger partial charge >= 0.3 is 0 Å². The summed E-state index contributed by atoms with van der Waals surface area (Å²) in [6.45, 7) is 2.87. The first-order valence-corrected chi connectivity index (χ1v) is 6.52. The average Bonchev–Trinajstić information content (AvgIpc) is 2.86. The van der Waals surface area contributed by atoms with E-state index in [2.05, 4.69) is 17.2 Å². The number of nitrogens with zero attached hydrogens (tertiary/aromatic N) is 3. The first-order valence-electron chi connectivity index (χ1n) is 6.14. The Hall–Kier alpha value is -1.59. The highest BCUT2D eigenvalue weighted by molar-refractivity contribution is 6.30. The van der Waals surface area contributed by atoms with Gasteiger partial charge in [0.2, 0.25) is 0 Å². The van der Waals surface area contributed by atoms with Crippen LogP contribution in [0.25, 0.3) is 0 Å². The maximum atomic E-state index is 6.29. The summed E-state index contributed by atoms with van der Waals surface area (Å²) in [5.74, 6) is 0.671. The molecule has 0 fully saturated rings. The molecule has 102 valence electrons. The molecule has 0 saturated heterocycles. The quantitative estimate of drug-likeness (QED) is 0.913. The fourth-order valence-corrected chi connectivity index (χ4v) is 2.16. The van der Waals surface area contributed by atoms with Gasteiger partial charge in [-0.15, -0.1) is 5.10 Å². The Morgan fingerprint density at radius 3 is 2.95 bits per heavy atom.